The third-order valence-corrected chi connectivity index (χ3v) is 17.9. The van der Waals surface area contributed by atoms with Gasteiger partial charge in [0.2, 0.25) is 0 Å². The topological polar surface area (TPSA) is 237 Å². The van der Waals surface area contributed by atoms with Crippen LogP contribution < -0.4 is 0 Å². The first kappa shape index (κ1) is 94.0. The van der Waals surface area contributed by atoms with E-state index in [0.717, 1.165) is 141 Å². The molecule has 3 N–H and O–H groups in total. The number of aliphatic hydroxyl groups is 1. The Balaban J connectivity index is 5.41. The molecule has 0 saturated carbocycles. The number of rotatable bonds is 72. The van der Waals surface area contributed by atoms with E-state index in [9.17, 15) is 43.2 Å². The van der Waals surface area contributed by atoms with Gasteiger partial charge in [0.05, 0.1) is 26.4 Å². The van der Waals surface area contributed by atoms with Crippen LogP contribution in [0.25, 0.3) is 0 Å². The number of carbonyl (C=O) groups excluding carboxylic acids is 4. The Morgan fingerprint density at radius 1 is 0.296 bits per heavy atom. The van der Waals surface area contributed by atoms with Gasteiger partial charge in [-0.25, -0.2) is 9.13 Å². The molecule has 0 amide bonds. The summed E-state index contributed by atoms with van der Waals surface area (Å²) in [5, 5.41) is 10.6. The Morgan fingerprint density at radius 3 is 0.898 bits per heavy atom. The van der Waals surface area contributed by atoms with Crippen LogP contribution in [0.5, 0.6) is 0 Å². The van der Waals surface area contributed by atoms with Crippen LogP contribution >= 0.6 is 15.6 Å². The number of unbranched alkanes of at least 4 members (excludes halogenated alkanes) is 31. The zero-order valence-electron chi connectivity index (χ0n) is 61.7. The highest BCUT2D eigenvalue weighted by Crippen LogP contribution is 2.45. The predicted molar refractivity (Wildman–Crippen MR) is 399 cm³/mol. The van der Waals surface area contributed by atoms with E-state index >= 15 is 0 Å². The molecule has 98 heavy (non-hydrogen) atoms. The summed E-state index contributed by atoms with van der Waals surface area (Å²) in [4.78, 5) is 72.8. The number of allylic oxidation sites excluding steroid dienone is 16. The van der Waals surface area contributed by atoms with Gasteiger partial charge in [-0.05, 0) is 141 Å². The molecule has 0 rings (SSSR count). The number of phosphoric acid groups is 2. The predicted octanol–water partition coefficient (Wildman–Crippen LogP) is 22.0. The monoisotopic (exact) mass is 1420 g/mol. The molecule has 0 aromatic carbocycles. The highest BCUT2D eigenvalue weighted by atomic mass is 31.2. The van der Waals surface area contributed by atoms with Gasteiger partial charge in [0, 0.05) is 25.7 Å². The lowest BCUT2D eigenvalue weighted by molar-refractivity contribution is -0.161. The van der Waals surface area contributed by atoms with Crippen molar-refractivity contribution in [2.45, 2.75) is 341 Å². The number of esters is 4. The highest BCUT2D eigenvalue weighted by Gasteiger charge is 2.30. The molecule has 2 unspecified atom stereocenters. The maximum absolute atomic E-state index is 13.1. The minimum Gasteiger partial charge on any atom is -0.462 e. The van der Waals surface area contributed by atoms with Gasteiger partial charge < -0.3 is 33.8 Å². The maximum Gasteiger partial charge on any atom is 0.472 e. The highest BCUT2D eigenvalue weighted by molar-refractivity contribution is 7.47. The van der Waals surface area contributed by atoms with Gasteiger partial charge in [0.25, 0.3) is 0 Å². The van der Waals surface area contributed by atoms with Crippen LogP contribution in [0.2, 0.25) is 0 Å². The fraction of sp³-hybridized carbons (Fsp3) is 0.747. The van der Waals surface area contributed by atoms with E-state index in [1.807, 2.05) is 12.2 Å². The Bertz CT molecular complexity index is 2240. The second-order valence-electron chi connectivity index (χ2n) is 25.6. The van der Waals surface area contributed by atoms with Crippen molar-refractivity contribution in [1.29, 1.82) is 0 Å². The third-order valence-electron chi connectivity index (χ3n) is 16.0. The summed E-state index contributed by atoms with van der Waals surface area (Å²) in [6.45, 7) is 4.71. The minimum atomic E-state index is -4.99. The van der Waals surface area contributed by atoms with Crippen molar-refractivity contribution in [3.05, 3.63) is 97.2 Å². The molecule has 17 nitrogen and oxygen atoms in total. The summed E-state index contributed by atoms with van der Waals surface area (Å²) in [6.07, 6.45) is 74.0. The van der Waals surface area contributed by atoms with Crippen molar-refractivity contribution in [3.8, 4) is 0 Å². The molecule has 0 saturated heterocycles. The maximum atomic E-state index is 13.1. The van der Waals surface area contributed by atoms with Crippen molar-refractivity contribution in [2.24, 2.45) is 0 Å². The lowest BCUT2D eigenvalue weighted by Gasteiger charge is -2.21. The van der Waals surface area contributed by atoms with Gasteiger partial charge in [-0.2, -0.15) is 0 Å². The smallest absolute Gasteiger partial charge is 0.462 e. The minimum absolute atomic E-state index is 0.0654. The lowest BCUT2D eigenvalue weighted by Crippen LogP contribution is -2.30. The van der Waals surface area contributed by atoms with E-state index in [1.54, 1.807) is 0 Å². The number of phosphoric ester groups is 2. The van der Waals surface area contributed by atoms with Gasteiger partial charge in [-0.3, -0.25) is 37.3 Å². The number of aliphatic hydroxyl groups excluding tert-OH is 1. The van der Waals surface area contributed by atoms with Gasteiger partial charge in [0.15, 0.2) is 12.2 Å². The van der Waals surface area contributed by atoms with Crippen molar-refractivity contribution < 1.29 is 80.2 Å². The summed E-state index contributed by atoms with van der Waals surface area (Å²) in [6, 6.07) is 0. The Kier molecular flexibility index (Phi) is 68.4. The van der Waals surface area contributed by atoms with Crippen LogP contribution in [0.15, 0.2) is 97.2 Å². The van der Waals surface area contributed by atoms with Crippen molar-refractivity contribution in [3.63, 3.8) is 0 Å². The molecule has 566 valence electrons. The van der Waals surface area contributed by atoms with E-state index in [4.69, 9.17) is 37.0 Å². The van der Waals surface area contributed by atoms with Crippen LogP contribution in [0.4, 0.5) is 0 Å². The number of hydrogen-bond donors (Lipinski definition) is 3. The molecule has 0 aliphatic carbocycles. The normalized spacial score (nSPS) is 14.5. The molecule has 0 radical (unpaired) electrons. The molecule has 0 spiro atoms. The Morgan fingerprint density at radius 2 is 0.541 bits per heavy atom. The zero-order valence-corrected chi connectivity index (χ0v) is 63.5. The summed E-state index contributed by atoms with van der Waals surface area (Å²) in [5.41, 5.74) is 0. The first-order valence-corrected chi connectivity index (χ1v) is 41.5. The number of ether oxygens (including phenoxy) is 4. The molecule has 0 aromatic rings. The summed E-state index contributed by atoms with van der Waals surface area (Å²) >= 11 is 0. The van der Waals surface area contributed by atoms with Gasteiger partial charge in [-0.15, -0.1) is 0 Å². The zero-order chi connectivity index (χ0) is 71.8. The van der Waals surface area contributed by atoms with Crippen LogP contribution in [0.3, 0.4) is 0 Å². The second kappa shape index (κ2) is 71.4. The average molecular weight is 1420 g/mol. The first-order chi connectivity index (χ1) is 47.7. The van der Waals surface area contributed by atoms with E-state index < -0.39 is 97.5 Å². The van der Waals surface area contributed by atoms with Gasteiger partial charge >= 0.3 is 39.5 Å². The van der Waals surface area contributed by atoms with Gasteiger partial charge in [-0.1, -0.05) is 253 Å². The molecule has 0 bridgehead atoms. The molecule has 0 aliphatic rings. The summed E-state index contributed by atoms with van der Waals surface area (Å²) < 4.78 is 68.4. The molecule has 0 aromatic heterocycles. The molecule has 0 fully saturated rings. The quantitative estimate of drug-likeness (QED) is 0.0128. The number of hydrogen-bond acceptors (Lipinski definition) is 15. The fourth-order valence-corrected chi connectivity index (χ4v) is 11.7. The van der Waals surface area contributed by atoms with E-state index in [0.29, 0.717) is 32.1 Å². The Hall–Kier alpha value is -4.02. The number of carbonyl (C=O) groups is 4. The summed E-state index contributed by atoms with van der Waals surface area (Å²) in [7, 11) is -9.97. The van der Waals surface area contributed by atoms with Crippen LogP contribution in [0, 0.1) is 0 Å². The largest absolute Gasteiger partial charge is 0.472 e. The van der Waals surface area contributed by atoms with Gasteiger partial charge in [0.1, 0.15) is 19.3 Å². The molecule has 0 aliphatic heterocycles. The molecular formula is C79H138O17P2. The Labute approximate surface area is 595 Å². The van der Waals surface area contributed by atoms with Crippen LogP contribution in [-0.4, -0.2) is 96.7 Å². The van der Waals surface area contributed by atoms with E-state index in [2.05, 4.69) is 113 Å². The second-order valence-corrected chi connectivity index (χ2v) is 28.5. The molecule has 0 heterocycles. The molecule has 5 atom stereocenters. The molecular weight excluding hydrogens is 1280 g/mol. The van der Waals surface area contributed by atoms with E-state index in [-0.39, 0.29) is 25.7 Å². The summed E-state index contributed by atoms with van der Waals surface area (Å²) in [5.74, 6) is -2.27. The average Bonchev–Trinajstić information content (AvgIpc) is 1.05. The van der Waals surface area contributed by atoms with Crippen LogP contribution in [-0.2, 0) is 65.4 Å². The fourth-order valence-electron chi connectivity index (χ4n) is 10.1. The van der Waals surface area contributed by atoms with Crippen molar-refractivity contribution in [2.75, 3.05) is 39.6 Å². The first-order valence-electron chi connectivity index (χ1n) is 38.5. The lowest BCUT2D eigenvalue weighted by atomic mass is 10.1. The van der Waals surface area contributed by atoms with E-state index in [1.165, 1.54) is 96.3 Å². The standard InChI is InChI=1S/C79H138O17P2/c1-5-9-13-17-21-25-29-33-35-36-38-41-44-48-52-56-60-64-77(82)90-70-75(96-79(84)66-62-58-54-50-46-42-37-34-30-26-22-18-14-10-6-2)72-94-98(87,88)92-68-73(80)67-91-97(85,86)93-71-74(95-78(83)65-61-57-53-49-45-40-32-28-24-20-16-12-8-4)69-89-76(81)63-59-55-51-47-43-39-31-27-23-19-15-11-7-3/h21,25-28,30-35,37-38,41,48,52,73-75,80H,5-20,22-24,29,36,39-40,42-47,49-51,53-72H2,1-4H3,(H,85,86)(H,87,88)/b25-21-,30-26-,31-27-,32-28-,35-33-,37-34-,41-38-,52-48-/t73-,74+,75+/m0/s1. The third kappa shape index (κ3) is 70.4. The van der Waals surface area contributed by atoms with Crippen molar-refractivity contribution in [1.82, 2.24) is 0 Å². The van der Waals surface area contributed by atoms with Crippen molar-refractivity contribution >= 4 is 39.5 Å². The SMILES string of the molecule is CCCCC/C=C\C/C=C\C/C=C\C/C=C\CCCC(=O)OC[C@H](COP(=O)(O)OC[C@@H](O)COP(=O)(O)OC[C@@H](COC(=O)CCCCCCC/C=C\CCCCCC)OC(=O)CCCCCCC/C=C\CCCCCC)OC(=O)CCCCCCC/C=C\C=C/CCCCCC. The molecule has 19 heteroatoms. The van der Waals surface area contributed by atoms with Crippen LogP contribution in [0.1, 0.15) is 323 Å².